The molecule has 1 aromatic heterocycles. The van der Waals surface area contributed by atoms with Crippen LogP contribution in [0.5, 0.6) is 0 Å². The molecular weight excluding hydrogens is 410 g/mol. The Kier molecular flexibility index (Phi) is 6.49. The molecule has 0 radical (unpaired) electrons. The van der Waals surface area contributed by atoms with Gasteiger partial charge in [-0.15, -0.1) is 11.3 Å². The van der Waals surface area contributed by atoms with E-state index in [1.165, 1.54) is 11.3 Å². The van der Waals surface area contributed by atoms with Crippen LogP contribution < -0.4 is 0 Å². The van der Waals surface area contributed by atoms with Crippen molar-refractivity contribution in [3.05, 3.63) is 40.4 Å². The maximum absolute atomic E-state index is 12.9. The third-order valence-electron chi connectivity index (χ3n) is 4.78. The van der Waals surface area contributed by atoms with Crippen molar-refractivity contribution in [1.29, 1.82) is 0 Å². The highest BCUT2D eigenvalue weighted by Gasteiger charge is 2.30. The number of aromatic nitrogens is 1. The van der Waals surface area contributed by atoms with Crippen molar-refractivity contribution in [1.82, 2.24) is 14.8 Å². The quantitative estimate of drug-likeness (QED) is 0.685. The summed E-state index contributed by atoms with van der Waals surface area (Å²) in [6.45, 7) is 6.71. The molecule has 29 heavy (non-hydrogen) atoms. The molecule has 8 heteroatoms. The maximum Gasteiger partial charge on any atom is 0.410 e. The SMILES string of the molecule is CN(C(=O)c1csc(-c2cccc(Cl)c2)n1)C1CCN(C(=O)OC(C)(C)C)CC1. The molecule has 0 bridgehead atoms. The van der Waals surface area contributed by atoms with Gasteiger partial charge in [0, 0.05) is 42.1 Å². The van der Waals surface area contributed by atoms with Gasteiger partial charge in [-0.1, -0.05) is 23.7 Å². The number of ether oxygens (including phenoxy) is 1. The molecule has 0 unspecified atom stereocenters. The highest BCUT2D eigenvalue weighted by Crippen LogP contribution is 2.27. The first-order valence-corrected chi connectivity index (χ1v) is 10.9. The van der Waals surface area contributed by atoms with E-state index in [4.69, 9.17) is 16.3 Å². The summed E-state index contributed by atoms with van der Waals surface area (Å²) in [4.78, 5) is 33.1. The van der Waals surface area contributed by atoms with Crippen molar-refractivity contribution in [2.45, 2.75) is 45.3 Å². The Hall–Kier alpha value is -2.12. The fourth-order valence-electron chi connectivity index (χ4n) is 3.23. The second kappa shape index (κ2) is 8.71. The van der Waals surface area contributed by atoms with Crippen molar-refractivity contribution in [2.75, 3.05) is 20.1 Å². The van der Waals surface area contributed by atoms with Crippen molar-refractivity contribution >= 4 is 34.9 Å². The van der Waals surface area contributed by atoms with Crippen LogP contribution in [0.1, 0.15) is 44.1 Å². The summed E-state index contributed by atoms with van der Waals surface area (Å²) >= 11 is 7.48. The largest absolute Gasteiger partial charge is 0.444 e. The molecule has 2 amide bonds. The lowest BCUT2D eigenvalue weighted by molar-refractivity contribution is 0.0159. The van der Waals surface area contributed by atoms with Crippen LogP contribution in [0.4, 0.5) is 4.79 Å². The molecule has 1 aliphatic heterocycles. The first kappa shape index (κ1) is 21.6. The number of carbonyl (C=O) groups excluding carboxylic acids is 2. The summed E-state index contributed by atoms with van der Waals surface area (Å²) in [6.07, 6.45) is 1.13. The van der Waals surface area contributed by atoms with E-state index in [0.717, 1.165) is 10.6 Å². The molecule has 6 nitrogen and oxygen atoms in total. The van der Waals surface area contributed by atoms with Crippen molar-refractivity contribution in [2.24, 2.45) is 0 Å². The molecule has 2 aromatic rings. The number of carbonyl (C=O) groups is 2. The van der Waals surface area contributed by atoms with Crippen LogP contribution in [0.25, 0.3) is 10.6 Å². The molecule has 1 aliphatic rings. The molecule has 0 spiro atoms. The van der Waals surface area contributed by atoms with Crippen LogP contribution in [0.3, 0.4) is 0 Å². The zero-order valence-electron chi connectivity index (χ0n) is 17.1. The number of amides is 2. The smallest absolute Gasteiger partial charge is 0.410 e. The van der Waals surface area contributed by atoms with Gasteiger partial charge in [-0.05, 0) is 45.7 Å². The van der Waals surface area contributed by atoms with Gasteiger partial charge in [0.15, 0.2) is 0 Å². The predicted molar refractivity (Wildman–Crippen MR) is 115 cm³/mol. The van der Waals surface area contributed by atoms with E-state index in [9.17, 15) is 9.59 Å². The Balaban J connectivity index is 1.60. The number of hydrogen-bond donors (Lipinski definition) is 0. The third-order valence-corrected chi connectivity index (χ3v) is 5.91. The number of thiazole rings is 1. The van der Waals surface area contributed by atoms with Gasteiger partial charge in [-0.3, -0.25) is 4.79 Å². The van der Waals surface area contributed by atoms with Gasteiger partial charge in [0.05, 0.1) is 0 Å². The van der Waals surface area contributed by atoms with Gasteiger partial charge in [0.2, 0.25) is 0 Å². The van der Waals surface area contributed by atoms with Crippen LogP contribution >= 0.6 is 22.9 Å². The normalized spacial score (nSPS) is 15.3. The highest BCUT2D eigenvalue weighted by molar-refractivity contribution is 7.13. The lowest BCUT2D eigenvalue weighted by Crippen LogP contribution is -2.48. The standard InChI is InChI=1S/C21H26ClN3O3S/c1-21(2,3)28-20(27)25-10-8-16(9-11-25)24(4)19(26)17-13-29-18(23-17)14-6-5-7-15(22)12-14/h5-7,12-13,16H,8-11H2,1-4H3. The second-order valence-corrected chi connectivity index (χ2v) is 9.46. The summed E-state index contributed by atoms with van der Waals surface area (Å²) in [5.41, 5.74) is 0.823. The molecule has 0 N–H and O–H groups in total. The van der Waals surface area contributed by atoms with E-state index in [1.54, 1.807) is 22.2 Å². The predicted octanol–water partition coefficient (Wildman–Crippen LogP) is 4.94. The molecule has 1 saturated heterocycles. The number of halogens is 1. The summed E-state index contributed by atoms with van der Waals surface area (Å²) in [5, 5.41) is 3.19. The molecule has 0 saturated carbocycles. The zero-order chi connectivity index (χ0) is 21.2. The van der Waals surface area contributed by atoms with Crippen LogP contribution in [0.15, 0.2) is 29.6 Å². The van der Waals surface area contributed by atoms with Crippen LogP contribution in [0, 0.1) is 0 Å². The highest BCUT2D eigenvalue weighted by atomic mass is 35.5. The minimum atomic E-state index is -0.508. The summed E-state index contributed by atoms with van der Waals surface area (Å²) < 4.78 is 5.43. The topological polar surface area (TPSA) is 62.7 Å². The number of piperidine rings is 1. The van der Waals surface area contributed by atoms with Gasteiger partial charge in [0.1, 0.15) is 16.3 Å². The average molecular weight is 436 g/mol. The van der Waals surface area contributed by atoms with Crippen molar-refractivity contribution in [3.8, 4) is 10.6 Å². The zero-order valence-corrected chi connectivity index (χ0v) is 18.7. The lowest BCUT2D eigenvalue weighted by atomic mass is 10.0. The second-order valence-electron chi connectivity index (χ2n) is 8.16. The first-order valence-electron chi connectivity index (χ1n) is 9.60. The third kappa shape index (κ3) is 5.48. The van der Waals surface area contributed by atoms with Crippen LogP contribution in [-0.2, 0) is 4.74 Å². The summed E-state index contributed by atoms with van der Waals surface area (Å²) in [6, 6.07) is 7.50. The molecule has 1 fully saturated rings. The van der Waals surface area contributed by atoms with E-state index in [2.05, 4.69) is 4.98 Å². The Labute approximate surface area is 180 Å². The molecule has 2 heterocycles. The maximum atomic E-state index is 12.9. The molecule has 156 valence electrons. The molecular formula is C21H26ClN3O3S. The molecule has 0 atom stereocenters. The number of benzene rings is 1. The fraction of sp³-hybridized carbons (Fsp3) is 0.476. The summed E-state index contributed by atoms with van der Waals surface area (Å²) in [5.74, 6) is -0.106. The Morgan fingerprint density at radius 3 is 2.59 bits per heavy atom. The minimum Gasteiger partial charge on any atom is -0.444 e. The first-order chi connectivity index (χ1) is 13.6. The summed E-state index contributed by atoms with van der Waals surface area (Å²) in [7, 11) is 1.80. The monoisotopic (exact) mass is 435 g/mol. The van der Waals surface area contributed by atoms with Gasteiger partial charge >= 0.3 is 6.09 Å². The average Bonchev–Trinajstić information content (AvgIpc) is 3.16. The van der Waals surface area contributed by atoms with Gasteiger partial charge < -0.3 is 14.5 Å². The van der Waals surface area contributed by atoms with E-state index in [1.807, 2.05) is 45.0 Å². The van der Waals surface area contributed by atoms with Crippen LogP contribution in [0.2, 0.25) is 5.02 Å². The Bertz CT molecular complexity index is 885. The number of nitrogens with zero attached hydrogens (tertiary/aromatic N) is 3. The van der Waals surface area contributed by atoms with Gasteiger partial charge in [0.25, 0.3) is 5.91 Å². The molecule has 3 rings (SSSR count). The number of likely N-dealkylation sites (tertiary alicyclic amines) is 1. The van der Waals surface area contributed by atoms with E-state index in [-0.39, 0.29) is 18.0 Å². The van der Waals surface area contributed by atoms with E-state index >= 15 is 0 Å². The number of rotatable bonds is 3. The van der Waals surface area contributed by atoms with Gasteiger partial charge in [-0.2, -0.15) is 0 Å². The lowest BCUT2D eigenvalue weighted by Gasteiger charge is -2.37. The van der Waals surface area contributed by atoms with E-state index < -0.39 is 5.60 Å². The van der Waals surface area contributed by atoms with E-state index in [0.29, 0.717) is 36.6 Å². The minimum absolute atomic E-state index is 0.0671. The van der Waals surface area contributed by atoms with Gasteiger partial charge in [-0.25, -0.2) is 9.78 Å². The molecule has 1 aromatic carbocycles. The Morgan fingerprint density at radius 2 is 1.97 bits per heavy atom. The van der Waals surface area contributed by atoms with Crippen molar-refractivity contribution in [3.63, 3.8) is 0 Å². The Morgan fingerprint density at radius 1 is 1.28 bits per heavy atom. The number of hydrogen-bond acceptors (Lipinski definition) is 5. The molecule has 0 aliphatic carbocycles. The van der Waals surface area contributed by atoms with Crippen LogP contribution in [-0.4, -0.2) is 58.6 Å². The van der Waals surface area contributed by atoms with Crippen molar-refractivity contribution < 1.29 is 14.3 Å². The fourth-order valence-corrected chi connectivity index (χ4v) is 4.22.